The summed E-state index contributed by atoms with van der Waals surface area (Å²) in [5.74, 6) is -0.628. The zero-order valence-corrected chi connectivity index (χ0v) is 13.8. The number of nitrogens with zero attached hydrogens (tertiary/aromatic N) is 3. The molecule has 1 fully saturated rings. The third-order valence-corrected chi connectivity index (χ3v) is 4.45. The molecule has 1 amide bonds. The Morgan fingerprint density at radius 2 is 2.00 bits per heavy atom. The molecular weight excluding hydrogens is 306 g/mol. The van der Waals surface area contributed by atoms with Crippen LogP contribution < -0.4 is 0 Å². The van der Waals surface area contributed by atoms with E-state index in [4.69, 9.17) is 4.74 Å². The summed E-state index contributed by atoms with van der Waals surface area (Å²) in [5, 5.41) is 0. The van der Waals surface area contributed by atoms with Gasteiger partial charge in [-0.1, -0.05) is 6.92 Å². The number of rotatable bonds is 4. The molecule has 24 heavy (non-hydrogen) atoms. The molecule has 0 spiro atoms. The highest BCUT2D eigenvalue weighted by atomic mass is 16.5. The van der Waals surface area contributed by atoms with Crippen molar-refractivity contribution in [2.75, 3.05) is 13.2 Å². The molecule has 2 heterocycles. The van der Waals surface area contributed by atoms with Crippen molar-refractivity contribution in [1.82, 2.24) is 14.9 Å². The van der Waals surface area contributed by atoms with E-state index in [1.807, 2.05) is 4.90 Å². The molecule has 1 aliphatic heterocycles. The Morgan fingerprint density at radius 1 is 1.21 bits per heavy atom. The predicted octanol–water partition coefficient (Wildman–Crippen LogP) is 2.58. The smallest absolute Gasteiger partial charge is 0.338 e. The number of aromatic nitrogens is 2. The van der Waals surface area contributed by atoms with Crippen molar-refractivity contribution in [3.8, 4) is 0 Å². The van der Waals surface area contributed by atoms with E-state index in [1.165, 1.54) is 0 Å². The van der Waals surface area contributed by atoms with Gasteiger partial charge in [0.25, 0.3) is 5.91 Å². The summed E-state index contributed by atoms with van der Waals surface area (Å²) in [6.07, 6.45) is 7.30. The quantitative estimate of drug-likeness (QED) is 0.807. The molecule has 2 aromatic rings. The van der Waals surface area contributed by atoms with E-state index >= 15 is 0 Å². The van der Waals surface area contributed by atoms with Crippen LogP contribution in [0.3, 0.4) is 0 Å². The lowest BCUT2D eigenvalue weighted by Gasteiger charge is -2.35. The summed E-state index contributed by atoms with van der Waals surface area (Å²) >= 11 is 0. The van der Waals surface area contributed by atoms with E-state index in [-0.39, 0.29) is 18.6 Å². The molecule has 0 bridgehead atoms. The molecule has 0 radical (unpaired) electrons. The van der Waals surface area contributed by atoms with Crippen LogP contribution in [0, 0.1) is 0 Å². The third-order valence-electron chi connectivity index (χ3n) is 4.45. The van der Waals surface area contributed by atoms with Crippen LogP contribution in [-0.2, 0) is 9.53 Å². The molecule has 1 atom stereocenters. The van der Waals surface area contributed by atoms with Crippen molar-refractivity contribution >= 4 is 22.9 Å². The Morgan fingerprint density at radius 3 is 2.79 bits per heavy atom. The molecule has 0 saturated carbocycles. The summed E-state index contributed by atoms with van der Waals surface area (Å²) in [4.78, 5) is 34.7. The first-order valence-corrected chi connectivity index (χ1v) is 8.36. The van der Waals surface area contributed by atoms with E-state index in [1.54, 1.807) is 30.6 Å². The van der Waals surface area contributed by atoms with Crippen LogP contribution in [0.25, 0.3) is 11.0 Å². The summed E-state index contributed by atoms with van der Waals surface area (Å²) in [7, 11) is 0. The normalized spacial score (nSPS) is 17.7. The highest BCUT2D eigenvalue weighted by Crippen LogP contribution is 2.19. The average Bonchev–Trinajstić information content (AvgIpc) is 2.65. The minimum atomic E-state index is -0.513. The van der Waals surface area contributed by atoms with Crippen LogP contribution in [0.15, 0.2) is 30.6 Å². The third kappa shape index (κ3) is 3.53. The number of esters is 1. The highest BCUT2D eigenvalue weighted by molar-refractivity contribution is 5.94. The Labute approximate surface area is 140 Å². The molecule has 6 nitrogen and oxygen atoms in total. The molecule has 1 aromatic carbocycles. The second-order valence-corrected chi connectivity index (χ2v) is 5.98. The van der Waals surface area contributed by atoms with Crippen molar-refractivity contribution in [3.63, 3.8) is 0 Å². The number of hydrogen-bond donors (Lipinski definition) is 0. The molecule has 3 rings (SSSR count). The number of carbonyl (C=O) groups is 2. The predicted molar refractivity (Wildman–Crippen MR) is 89.5 cm³/mol. The summed E-state index contributed by atoms with van der Waals surface area (Å²) in [6, 6.07) is 5.25. The van der Waals surface area contributed by atoms with Crippen molar-refractivity contribution in [1.29, 1.82) is 0 Å². The van der Waals surface area contributed by atoms with Crippen molar-refractivity contribution in [2.24, 2.45) is 0 Å². The average molecular weight is 327 g/mol. The SMILES string of the molecule is CC[C@@H]1CCCCN1C(=O)COC(=O)c1ccc2nccnc2c1. The van der Waals surface area contributed by atoms with E-state index in [9.17, 15) is 9.59 Å². The molecule has 1 aliphatic rings. The first kappa shape index (κ1) is 16.4. The van der Waals surface area contributed by atoms with Gasteiger partial charge in [-0.05, 0) is 43.9 Å². The van der Waals surface area contributed by atoms with Gasteiger partial charge in [0.2, 0.25) is 0 Å². The molecule has 126 valence electrons. The van der Waals surface area contributed by atoms with Crippen LogP contribution in [0.1, 0.15) is 43.0 Å². The molecule has 0 unspecified atom stereocenters. The molecule has 0 aliphatic carbocycles. The Kier molecular flexibility index (Phi) is 5.03. The van der Waals surface area contributed by atoms with Gasteiger partial charge in [-0.15, -0.1) is 0 Å². The molecule has 1 aromatic heterocycles. The number of amides is 1. The minimum absolute atomic E-state index is 0.115. The van der Waals surface area contributed by atoms with Gasteiger partial charge in [0.05, 0.1) is 16.6 Å². The summed E-state index contributed by atoms with van der Waals surface area (Å²) in [5.41, 5.74) is 1.71. The second-order valence-electron chi connectivity index (χ2n) is 5.98. The first-order valence-electron chi connectivity index (χ1n) is 8.36. The maximum absolute atomic E-state index is 12.3. The fourth-order valence-corrected chi connectivity index (χ4v) is 3.14. The summed E-state index contributed by atoms with van der Waals surface area (Å²) < 4.78 is 5.21. The monoisotopic (exact) mass is 327 g/mol. The maximum atomic E-state index is 12.3. The number of benzene rings is 1. The number of piperidine rings is 1. The van der Waals surface area contributed by atoms with Crippen LogP contribution in [0.2, 0.25) is 0 Å². The number of ether oxygens (including phenoxy) is 1. The van der Waals surface area contributed by atoms with E-state index in [0.717, 1.165) is 32.2 Å². The van der Waals surface area contributed by atoms with Gasteiger partial charge in [-0.3, -0.25) is 14.8 Å². The minimum Gasteiger partial charge on any atom is -0.452 e. The number of fused-ring (bicyclic) bond motifs is 1. The largest absolute Gasteiger partial charge is 0.452 e. The number of likely N-dealkylation sites (tertiary alicyclic amines) is 1. The zero-order valence-electron chi connectivity index (χ0n) is 13.8. The van der Waals surface area contributed by atoms with Gasteiger partial charge in [-0.2, -0.15) is 0 Å². The maximum Gasteiger partial charge on any atom is 0.338 e. The van der Waals surface area contributed by atoms with E-state index < -0.39 is 5.97 Å². The van der Waals surface area contributed by atoms with Crippen LogP contribution >= 0.6 is 0 Å². The lowest BCUT2D eigenvalue weighted by Crippen LogP contribution is -2.45. The van der Waals surface area contributed by atoms with Crippen LogP contribution in [0.4, 0.5) is 0 Å². The lowest BCUT2D eigenvalue weighted by atomic mass is 10.00. The first-order chi connectivity index (χ1) is 11.7. The number of carbonyl (C=O) groups excluding carboxylic acids is 2. The zero-order chi connectivity index (χ0) is 16.9. The fraction of sp³-hybridized carbons (Fsp3) is 0.444. The molecule has 0 N–H and O–H groups in total. The highest BCUT2D eigenvalue weighted by Gasteiger charge is 2.26. The number of hydrogen-bond acceptors (Lipinski definition) is 5. The van der Waals surface area contributed by atoms with Crippen LogP contribution in [-0.4, -0.2) is 45.9 Å². The van der Waals surface area contributed by atoms with E-state index in [0.29, 0.717) is 16.6 Å². The van der Waals surface area contributed by atoms with Gasteiger partial charge in [0, 0.05) is 25.0 Å². The van der Waals surface area contributed by atoms with Crippen molar-refractivity contribution in [2.45, 2.75) is 38.6 Å². The van der Waals surface area contributed by atoms with Gasteiger partial charge in [0.1, 0.15) is 0 Å². The lowest BCUT2D eigenvalue weighted by molar-refractivity contribution is -0.138. The van der Waals surface area contributed by atoms with E-state index in [2.05, 4.69) is 16.9 Å². The van der Waals surface area contributed by atoms with Gasteiger partial charge >= 0.3 is 5.97 Å². The van der Waals surface area contributed by atoms with Gasteiger partial charge < -0.3 is 9.64 Å². The molecule has 6 heteroatoms. The fourth-order valence-electron chi connectivity index (χ4n) is 3.14. The summed E-state index contributed by atoms with van der Waals surface area (Å²) in [6.45, 7) is 2.62. The van der Waals surface area contributed by atoms with Crippen molar-refractivity contribution in [3.05, 3.63) is 36.2 Å². The van der Waals surface area contributed by atoms with Gasteiger partial charge in [-0.25, -0.2) is 4.79 Å². The standard InChI is InChI=1S/C18H21N3O3/c1-2-14-5-3-4-10-21(14)17(22)12-24-18(23)13-6-7-15-16(11-13)20-9-8-19-15/h6-9,11,14H,2-5,10,12H2,1H3/t14-/m1/s1. The second kappa shape index (κ2) is 7.38. The topological polar surface area (TPSA) is 72.4 Å². The molecule has 1 saturated heterocycles. The Balaban J connectivity index is 1.62. The molecular formula is C18H21N3O3. The van der Waals surface area contributed by atoms with Crippen molar-refractivity contribution < 1.29 is 14.3 Å². The van der Waals surface area contributed by atoms with Crippen LogP contribution in [0.5, 0.6) is 0 Å². The Bertz CT molecular complexity index is 747. The van der Waals surface area contributed by atoms with Gasteiger partial charge in [0.15, 0.2) is 6.61 Å². The Hall–Kier alpha value is -2.50.